The number of carbonyl (C=O) groups excluding carboxylic acids is 1. The van der Waals surface area contributed by atoms with Crippen LogP contribution in [0.1, 0.15) is 31.1 Å². The first-order valence-corrected chi connectivity index (χ1v) is 14.8. The fraction of sp³-hybridized carbons (Fsp3) is 0.516. The minimum atomic E-state index is -1.77. The van der Waals surface area contributed by atoms with Crippen LogP contribution in [0.2, 0.25) is 0 Å². The SMILES string of the molecule is CCOC(CO[C@@H]1O[C@H](COC(=O)/C=C/c2ccc(O)c(O)c2)[C@@H](O)[C@H](O[C@@H]2O[C@@H](C)[C@H](O)[C@@H](O)[C@H]2O)[C@H]1O)c1ccc(O)c(O)c1. The van der Waals surface area contributed by atoms with Crippen LogP contribution in [0.4, 0.5) is 0 Å². The van der Waals surface area contributed by atoms with E-state index >= 15 is 0 Å². The lowest BCUT2D eigenvalue weighted by atomic mass is 9.97. The summed E-state index contributed by atoms with van der Waals surface area (Å²) in [5.74, 6) is -2.37. The van der Waals surface area contributed by atoms with Crippen molar-refractivity contribution in [1.29, 1.82) is 0 Å². The Hall–Kier alpha value is -3.55. The van der Waals surface area contributed by atoms with Gasteiger partial charge in [0, 0.05) is 12.7 Å². The minimum Gasteiger partial charge on any atom is -0.504 e. The van der Waals surface area contributed by atoms with Crippen molar-refractivity contribution in [2.75, 3.05) is 19.8 Å². The van der Waals surface area contributed by atoms with Crippen LogP contribution < -0.4 is 0 Å². The second-order valence-corrected chi connectivity index (χ2v) is 11.0. The van der Waals surface area contributed by atoms with E-state index in [0.29, 0.717) is 11.1 Å². The number of hydrogen-bond acceptors (Lipinski definition) is 16. The summed E-state index contributed by atoms with van der Waals surface area (Å²) in [5.41, 5.74) is 0.786. The van der Waals surface area contributed by atoms with Gasteiger partial charge in [0.15, 0.2) is 35.6 Å². The van der Waals surface area contributed by atoms with Crippen molar-refractivity contribution >= 4 is 12.0 Å². The monoisotopic (exact) mass is 668 g/mol. The van der Waals surface area contributed by atoms with Gasteiger partial charge in [-0.15, -0.1) is 0 Å². The third-order valence-corrected chi connectivity index (χ3v) is 7.69. The lowest BCUT2D eigenvalue weighted by molar-refractivity contribution is -0.358. The van der Waals surface area contributed by atoms with Crippen molar-refractivity contribution in [1.82, 2.24) is 0 Å². The first-order valence-electron chi connectivity index (χ1n) is 14.8. The molecular weight excluding hydrogens is 628 g/mol. The number of hydrogen-bond donors (Lipinski definition) is 9. The average molecular weight is 669 g/mol. The summed E-state index contributed by atoms with van der Waals surface area (Å²) in [6.07, 6.45) is -14.0. The second-order valence-electron chi connectivity index (χ2n) is 11.0. The molecule has 0 saturated carbocycles. The number of esters is 1. The number of aliphatic hydroxyl groups is 5. The van der Waals surface area contributed by atoms with Gasteiger partial charge in [-0.25, -0.2) is 4.79 Å². The van der Waals surface area contributed by atoms with Crippen molar-refractivity contribution in [3.05, 3.63) is 53.6 Å². The van der Waals surface area contributed by atoms with E-state index in [9.17, 15) is 50.8 Å². The molecule has 2 aromatic rings. The Labute approximate surface area is 269 Å². The van der Waals surface area contributed by atoms with Gasteiger partial charge in [0.25, 0.3) is 0 Å². The first kappa shape index (κ1) is 36.3. The van der Waals surface area contributed by atoms with E-state index in [2.05, 4.69) is 0 Å². The molecule has 4 rings (SSSR count). The Morgan fingerprint density at radius 2 is 1.51 bits per heavy atom. The van der Waals surface area contributed by atoms with E-state index in [4.69, 9.17) is 28.4 Å². The minimum absolute atomic E-state index is 0.216. The predicted molar refractivity (Wildman–Crippen MR) is 158 cm³/mol. The molecule has 2 aliphatic rings. The average Bonchev–Trinajstić information content (AvgIpc) is 3.04. The summed E-state index contributed by atoms with van der Waals surface area (Å²) < 4.78 is 33.7. The molecule has 2 aromatic carbocycles. The fourth-order valence-corrected chi connectivity index (χ4v) is 5.00. The molecule has 260 valence electrons. The maximum atomic E-state index is 12.5. The maximum Gasteiger partial charge on any atom is 0.330 e. The lowest BCUT2D eigenvalue weighted by Crippen LogP contribution is -2.64. The molecule has 2 heterocycles. The number of carbonyl (C=O) groups is 1. The van der Waals surface area contributed by atoms with Gasteiger partial charge in [-0.05, 0) is 55.3 Å². The molecule has 2 fully saturated rings. The highest BCUT2D eigenvalue weighted by Gasteiger charge is 2.51. The quantitative estimate of drug-likeness (QED) is 0.0786. The highest BCUT2D eigenvalue weighted by atomic mass is 16.7. The van der Waals surface area contributed by atoms with E-state index in [1.54, 1.807) is 6.92 Å². The Kier molecular flexibility index (Phi) is 12.4. The van der Waals surface area contributed by atoms with Gasteiger partial charge in [-0.2, -0.15) is 0 Å². The number of aliphatic hydroxyl groups excluding tert-OH is 5. The van der Waals surface area contributed by atoms with E-state index in [0.717, 1.165) is 6.08 Å². The molecule has 2 aliphatic heterocycles. The highest BCUT2D eigenvalue weighted by molar-refractivity contribution is 5.87. The van der Waals surface area contributed by atoms with Crippen molar-refractivity contribution in [3.8, 4) is 23.0 Å². The molecule has 2 saturated heterocycles. The molecular formula is C31H40O16. The van der Waals surface area contributed by atoms with Crippen LogP contribution in [0.5, 0.6) is 23.0 Å². The Morgan fingerprint density at radius 3 is 2.17 bits per heavy atom. The molecule has 9 N–H and O–H groups in total. The summed E-state index contributed by atoms with van der Waals surface area (Å²) in [6, 6.07) is 7.90. The third kappa shape index (κ3) is 8.88. The van der Waals surface area contributed by atoms with Crippen molar-refractivity contribution in [2.45, 2.75) is 81.4 Å². The van der Waals surface area contributed by atoms with Crippen LogP contribution in [0.3, 0.4) is 0 Å². The molecule has 47 heavy (non-hydrogen) atoms. The molecule has 0 spiro atoms. The van der Waals surface area contributed by atoms with Gasteiger partial charge in [-0.1, -0.05) is 12.1 Å². The van der Waals surface area contributed by atoms with Gasteiger partial charge in [0.2, 0.25) is 0 Å². The smallest absolute Gasteiger partial charge is 0.330 e. The van der Waals surface area contributed by atoms with Crippen molar-refractivity contribution < 1.29 is 79.2 Å². The number of phenolic OH excluding ortho intramolecular Hbond substituents is 4. The van der Waals surface area contributed by atoms with Gasteiger partial charge in [0.1, 0.15) is 55.4 Å². The zero-order valence-electron chi connectivity index (χ0n) is 25.5. The molecule has 0 radical (unpaired) electrons. The van der Waals surface area contributed by atoms with Crippen LogP contribution in [0.15, 0.2) is 42.5 Å². The molecule has 0 bridgehead atoms. The summed E-state index contributed by atoms with van der Waals surface area (Å²) in [7, 11) is 0. The molecule has 0 aliphatic carbocycles. The Bertz CT molecular complexity index is 1370. The van der Waals surface area contributed by atoms with Crippen LogP contribution in [0.25, 0.3) is 6.08 Å². The van der Waals surface area contributed by atoms with Crippen LogP contribution in [-0.2, 0) is 33.2 Å². The molecule has 0 amide bonds. The van der Waals surface area contributed by atoms with Gasteiger partial charge < -0.3 is 74.4 Å². The van der Waals surface area contributed by atoms with Crippen LogP contribution in [0, 0.1) is 0 Å². The molecule has 16 nitrogen and oxygen atoms in total. The lowest BCUT2D eigenvalue weighted by Gasteiger charge is -2.46. The van der Waals surface area contributed by atoms with E-state index in [1.165, 1.54) is 49.4 Å². The largest absolute Gasteiger partial charge is 0.504 e. The normalized spacial score (nSPS) is 31.9. The Morgan fingerprint density at radius 1 is 0.830 bits per heavy atom. The zero-order valence-corrected chi connectivity index (χ0v) is 25.5. The van der Waals surface area contributed by atoms with Crippen LogP contribution >= 0.6 is 0 Å². The number of benzene rings is 2. The summed E-state index contributed by atoms with van der Waals surface area (Å²) in [5, 5.41) is 91.8. The fourth-order valence-electron chi connectivity index (χ4n) is 5.00. The predicted octanol–water partition coefficient (Wildman–Crippen LogP) is -0.481. The number of ether oxygens (including phenoxy) is 6. The van der Waals surface area contributed by atoms with E-state index in [-0.39, 0.29) is 24.7 Å². The third-order valence-electron chi connectivity index (χ3n) is 7.69. The highest BCUT2D eigenvalue weighted by Crippen LogP contribution is 2.33. The molecule has 11 atom stereocenters. The second kappa shape index (κ2) is 16.0. The molecule has 1 unspecified atom stereocenters. The van der Waals surface area contributed by atoms with E-state index in [1.807, 2.05) is 0 Å². The van der Waals surface area contributed by atoms with Gasteiger partial charge >= 0.3 is 5.97 Å². The van der Waals surface area contributed by atoms with Gasteiger partial charge in [0.05, 0.1) is 12.7 Å². The van der Waals surface area contributed by atoms with Crippen molar-refractivity contribution in [3.63, 3.8) is 0 Å². The summed E-state index contributed by atoms with van der Waals surface area (Å²) in [6.45, 7) is 2.49. The zero-order chi connectivity index (χ0) is 34.4. The Balaban J connectivity index is 1.50. The summed E-state index contributed by atoms with van der Waals surface area (Å²) in [4.78, 5) is 12.5. The van der Waals surface area contributed by atoms with E-state index < -0.39 is 91.6 Å². The molecule has 16 heteroatoms. The standard InChI is InChI=1S/C31H40O16/c1-3-42-21(16-6-8-18(33)20(35)11-16)12-44-30-28(41)29(47-31-27(40)26(39)24(37)14(2)45-31)25(38)22(46-30)13-43-23(36)9-5-15-4-7-17(32)19(34)10-15/h4-11,14,21-22,24-35,37-41H,3,12-13H2,1-2H3/b9-5+/t14-,21?,22+,24-,25+,26+,27+,28+,29-,30+,31-/m0/s1. The topological polar surface area (TPSA) is 255 Å². The first-order chi connectivity index (χ1) is 22.3. The number of aromatic hydroxyl groups is 4. The number of rotatable bonds is 12. The molecule has 0 aromatic heterocycles. The summed E-state index contributed by atoms with van der Waals surface area (Å²) >= 11 is 0. The number of phenols is 4. The van der Waals surface area contributed by atoms with Crippen molar-refractivity contribution in [2.24, 2.45) is 0 Å². The van der Waals surface area contributed by atoms with Crippen LogP contribution in [-0.4, -0.2) is 133 Å². The van der Waals surface area contributed by atoms with Gasteiger partial charge in [-0.3, -0.25) is 0 Å². The maximum absolute atomic E-state index is 12.5.